The maximum Gasteiger partial charge on any atom is 0.0640 e. The second-order valence-corrected chi connectivity index (χ2v) is 11.4. The van der Waals surface area contributed by atoms with Crippen molar-refractivity contribution in [3.05, 3.63) is 126 Å². The Morgan fingerprint density at radius 3 is 2.26 bits per heavy atom. The van der Waals surface area contributed by atoms with E-state index in [9.17, 15) is 0 Å². The number of para-hydroxylation sites is 2. The fourth-order valence-electron chi connectivity index (χ4n) is 5.71. The van der Waals surface area contributed by atoms with Crippen molar-refractivity contribution in [2.24, 2.45) is 4.99 Å². The van der Waals surface area contributed by atoms with E-state index in [2.05, 4.69) is 140 Å². The first kappa shape index (κ1) is 23.5. The van der Waals surface area contributed by atoms with Crippen molar-refractivity contribution >= 4 is 49.8 Å². The minimum atomic E-state index is 0.156. The standard InChI is InChI=1S/C36H31N3/c1-36(2,3)26-17-15-24(16-18-26)22-37-23-25-9-8-10-27(19-25)39-34-14-7-5-12-29(34)31-20-30-28-11-4-6-13-32(28)38-33(30)21-35(31)39/h4-22,38H,23H2,1-3H3/b37-22+. The van der Waals surface area contributed by atoms with Crippen LogP contribution in [0.15, 0.2) is 114 Å². The predicted molar refractivity (Wildman–Crippen MR) is 167 cm³/mol. The van der Waals surface area contributed by atoms with Crippen LogP contribution in [0.1, 0.15) is 37.5 Å². The highest BCUT2D eigenvalue weighted by Gasteiger charge is 2.15. The Morgan fingerprint density at radius 2 is 1.44 bits per heavy atom. The first-order valence-corrected chi connectivity index (χ1v) is 13.6. The lowest BCUT2D eigenvalue weighted by molar-refractivity contribution is 0.590. The van der Waals surface area contributed by atoms with E-state index in [1.54, 1.807) is 0 Å². The number of aromatic nitrogens is 2. The molecule has 0 fully saturated rings. The minimum absolute atomic E-state index is 0.156. The summed E-state index contributed by atoms with van der Waals surface area (Å²) >= 11 is 0. The first-order valence-electron chi connectivity index (χ1n) is 13.6. The molecule has 0 bridgehead atoms. The maximum absolute atomic E-state index is 4.78. The molecule has 0 aliphatic rings. The molecule has 0 aliphatic carbocycles. The number of nitrogens with one attached hydrogen (secondary N) is 1. The number of rotatable bonds is 4. The van der Waals surface area contributed by atoms with Crippen LogP contribution >= 0.6 is 0 Å². The van der Waals surface area contributed by atoms with Gasteiger partial charge in [-0.3, -0.25) is 4.99 Å². The largest absolute Gasteiger partial charge is 0.354 e. The van der Waals surface area contributed by atoms with Crippen molar-refractivity contribution in [3.63, 3.8) is 0 Å². The van der Waals surface area contributed by atoms with Crippen LogP contribution in [0.25, 0.3) is 49.3 Å². The Labute approximate surface area is 228 Å². The van der Waals surface area contributed by atoms with E-state index < -0.39 is 0 Å². The molecule has 7 aromatic rings. The number of fused-ring (bicyclic) bond motifs is 6. The monoisotopic (exact) mass is 505 g/mol. The van der Waals surface area contributed by atoms with Crippen molar-refractivity contribution < 1.29 is 0 Å². The van der Waals surface area contributed by atoms with E-state index in [-0.39, 0.29) is 5.41 Å². The van der Waals surface area contributed by atoms with Gasteiger partial charge in [-0.1, -0.05) is 93.6 Å². The quantitative estimate of drug-likeness (QED) is 0.231. The summed E-state index contributed by atoms with van der Waals surface area (Å²) in [5, 5.41) is 5.06. The molecular weight excluding hydrogens is 474 g/mol. The smallest absolute Gasteiger partial charge is 0.0640 e. The third-order valence-electron chi connectivity index (χ3n) is 7.76. The van der Waals surface area contributed by atoms with Gasteiger partial charge in [-0.15, -0.1) is 0 Å². The van der Waals surface area contributed by atoms with Gasteiger partial charge in [-0.2, -0.15) is 0 Å². The number of H-pyrrole nitrogens is 1. The van der Waals surface area contributed by atoms with Gasteiger partial charge in [0.15, 0.2) is 0 Å². The molecule has 5 aromatic carbocycles. The van der Waals surface area contributed by atoms with Gasteiger partial charge in [0.25, 0.3) is 0 Å². The zero-order valence-corrected chi connectivity index (χ0v) is 22.6. The third-order valence-corrected chi connectivity index (χ3v) is 7.76. The molecule has 1 N–H and O–H groups in total. The topological polar surface area (TPSA) is 33.1 Å². The third kappa shape index (κ3) is 4.11. The molecule has 190 valence electrons. The van der Waals surface area contributed by atoms with Gasteiger partial charge in [0.2, 0.25) is 0 Å². The van der Waals surface area contributed by atoms with Crippen LogP contribution in [-0.4, -0.2) is 15.8 Å². The zero-order chi connectivity index (χ0) is 26.6. The molecule has 0 amide bonds. The molecule has 0 aliphatic heterocycles. The number of benzene rings is 5. The molecule has 39 heavy (non-hydrogen) atoms. The van der Waals surface area contributed by atoms with Crippen molar-refractivity contribution in [1.29, 1.82) is 0 Å². The number of aromatic amines is 1. The van der Waals surface area contributed by atoms with Crippen LogP contribution in [0.5, 0.6) is 0 Å². The number of hydrogen-bond acceptors (Lipinski definition) is 1. The van der Waals surface area contributed by atoms with Crippen molar-refractivity contribution in [3.8, 4) is 5.69 Å². The normalized spacial score (nSPS) is 12.5. The molecule has 3 nitrogen and oxygen atoms in total. The molecule has 0 unspecified atom stereocenters. The van der Waals surface area contributed by atoms with Crippen LogP contribution in [0.2, 0.25) is 0 Å². The fraction of sp³-hybridized carbons (Fsp3) is 0.139. The molecule has 2 heterocycles. The summed E-state index contributed by atoms with van der Waals surface area (Å²) in [4.78, 5) is 8.40. The lowest BCUT2D eigenvalue weighted by Gasteiger charge is -2.18. The average Bonchev–Trinajstić information content (AvgIpc) is 3.46. The highest BCUT2D eigenvalue weighted by molar-refractivity contribution is 6.18. The van der Waals surface area contributed by atoms with Crippen molar-refractivity contribution in [1.82, 2.24) is 9.55 Å². The van der Waals surface area contributed by atoms with Gasteiger partial charge in [0.05, 0.1) is 17.6 Å². The summed E-state index contributed by atoms with van der Waals surface area (Å²) in [7, 11) is 0. The summed E-state index contributed by atoms with van der Waals surface area (Å²) in [6, 6.07) is 39.4. The summed E-state index contributed by atoms with van der Waals surface area (Å²) in [6.45, 7) is 7.35. The van der Waals surface area contributed by atoms with Crippen molar-refractivity contribution in [2.75, 3.05) is 0 Å². The minimum Gasteiger partial charge on any atom is -0.354 e. The molecule has 3 heteroatoms. The second kappa shape index (κ2) is 8.99. The maximum atomic E-state index is 4.78. The first-order chi connectivity index (χ1) is 19.0. The van der Waals surface area contributed by atoms with E-state index in [1.807, 2.05) is 6.21 Å². The van der Waals surface area contributed by atoms with Gasteiger partial charge in [0, 0.05) is 44.5 Å². The molecule has 0 atom stereocenters. The summed E-state index contributed by atoms with van der Waals surface area (Å²) < 4.78 is 2.38. The van der Waals surface area contributed by atoms with E-state index in [0.29, 0.717) is 6.54 Å². The highest BCUT2D eigenvalue weighted by atomic mass is 15.0. The van der Waals surface area contributed by atoms with Gasteiger partial charge in [-0.25, -0.2) is 0 Å². The second-order valence-electron chi connectivity index (χ2n) is 11.4. The van der Waals surface area contributed by atoms with Crippen LogP contribution in [0.3, 0.4) is 0 Å². The average molecular weight is 506 g/mol. The van der Waals surface area contributed by atoms with E-state index in [0.717, 1.165) is 16.8 Å². The molecule has 0 spiro atoms. The van der Waals surface area contributed by atoms with Crippen LogP contribution in [0, 0.1) is 0 Å². The fourth-order valence-corrected chi connectivity index (χ4v) is 5.71. The van der Waals surface area contributed by atoms with Gasteiger partial charge >= 0.3 is 0 Å². The Kier molecular flexibility index (Phi) is 5.41. The highest BCUT2D eigenvalue weighted by Crippen LogP contribution is 2.37. The van der Waals surface area contributed by atoms with E-state index in [1.165, 1.54) is 49.2 Å². The van der Waals surface area contributed by atoms with Gasteiger partial charge < -0.3 is 9.55 Å². The lowest BCUT2D eigenvalue weighted by Crippen LogP contribution is -2.10. The van der Waals surface area contributed by atoms with Gasteiger partial charge in [0.1, 0.15) is 0 Å². The Bertz CT molecular complexity index is 2010. The number of nitrogens with zero attached hydrogens (tertiary/aromatic N) is 2. The van der Waals surface area contributed by atoms with Gasteiger partial charge in [-0.05, 0) is 58.5 Å². The van der Waals surface area contributed by atoms with Crippen LogP contribution in [0.4, 0.5) is 0 Å². The Balaban J connectivity index is 1.28. The van der Waals surface area contributed by atoms with Crippen LogP contribution in [-0.2, 0) is 12.0 Å². The van der Waals surface area contributed by atoms with E-state index >= 15 is 0 Å². The number of aliphatic imine (C=N–C) groups is 1. The Hall–Kier alpha value is -4.63. The van der Waals surface area contributed by atoms with Crippen LogP contribution < -0.4 is 0 Å². The molecule has 7 rings (SSSR count). The summed E-state index contributed by atoms with van der Waals surface area (Å²) in [6.07, 6.45) is 1.98. The van der Waals surface area contributed by atoms with E-state index in [4.69, 9.17) is 4.99 Å². The zero-order valence-electron chi connectivity index (χ0n) is 22.6. The lowest BCUT2D eigenvalue weighted by atomic mass is 9.87. The number of hydrogen-bond donors (Lipinski definition) is 1. The molecular formula is C36H31N3. The molecule has 2 aromatic heterocycles. The SMILES string of the molecule is CC(C)(C)c1ccc(/C=N/Cc2cccc(-n3c4ccccc4c4cc5c(cc43)[nH]c3ccccc35)c2)cc1. The summed E-state index contributed by atoms with van der Waals surface area (Å²) in [5.41, 5.74) is 9.70. The van der Waals surface area contributed by atoms with Crippen molar-refractivity contribution in [2.45, 2.75) is 32.7 Å². The molecule has 0 saturated heterocycles. The molecule has 0 radical (unpaired) electrons. The summed E-state index contributed by atoms with van der Waals surface area (Å²) in [5.74, 6) is 0. The molecule has 0 saturated carbocycles. The Morgan fingerprint density at radius 1 is 0.667 bits per heavy atom. The predicted octanol–water partition coefficient (Wildman–Crippen LogP) is 9.33.